The molecule has 2 aromatic rings. The van der Waals surface area contributed by atoms with Crippen molar-refractivity contribution in [3.63, 3.8) is 0 Å². The largest absolute Gasteiger partial charge is 0.369 e. The van der Waals surface area contributed by atoms with E-state index in [9.17, 15) is 4.79 Å². The highest BCUT2D eigenvalue weighted by molar-refractivity contribution is 6.01. The molecule has 1 heterocycles. The van der Waals surface area contributed by atoms with Crippen LogP contribution >= 0.6 is 0 Å². The van der Waals surface area contributed by atoms with Crippen LogP contribution in [0.15, 0.2) is 54.9 Å². The number of pyridine rings is 1. The first-order valence-electron chi connectivity index (χ1n) is 7.86. The number of nitrogens with zero attached hydrogens (tertiary/aromatic N) is 2. The second-order valence-corrected chi connectivity index (χ2v) is 5.54. The third kappa shape index (κ3) is 4.95. The SMILES string of the molecule is CCN(c1ccc(NC(=O)C=Cc2cccnc2)cc1)C(C)C. The molecule has 1 N–H and O–H groups in total. The van der Waals surface area contributed by atoms with Gasteiger partial charge in [0.2, 0.25) is 5.91 Å². The maximum atomic E-state index is 11.9. The van der Waals surface area contributed by atoms with E-state index in [0.717, 1.165) is 23.5 Å². The van der Waals surface area contributed by atoms with Gasteiger partial charge in [-0.1, -0.05) is 6.07 Å². The maximum Gasteiger partial charge on any atom is 0.248 e. The van der Waals surface area contributed by atoms with Crippen molar-refractivity contribution in [2.24, 2.45) is 0 Å². The fourth-order valence-corrected chi connectivity index (χ4v) is 2.41. The molecule has 0 bridgehead atoms. The zero-order valence-electron chi connectivity index (χ0n) is 13.9. The first-order chi connectivity index (χ1) is 11.1. The van der Waals surface area contributed by atoms with E-state index in [1.807, 2.05) is 36.4 Å². The molecule has 0 saturated heterocycles. The molecule has 0 saturated carbocycles. The zero-order valence-corrected chi connectivity index (χ0v) is 13.9. The van der Waals surface area contributed by atoms with E-state index < -0.39 is 0 Å². The van der Waals surface area contributed by atoms with E-state index in [2.05, 4.69) is 36.0 Å². The van der Waals surface area contributed by atoms with Crippen molar-refractivity contribution in [2.45, 2.75) is 26.8 Å². The van der Waals surface area contributed by atoms with Crippen molar-refractivity contribution in [3.8, 4) is 0 Å². The van der Waals surface area contributed by atoms with Gasteiger partial charge < -0.3 is 10.2 Å². The molecule has 0 spiro atoms. The van der Waals surface area contributed by atoms with Crippen LogP contribution in [0, 0.1) is 0 Å². The topological polar surface area (TPSA) is 45.2 Å². The molecule has 120 valence electrons. The third-order valence-corrected chi connectivity index (χ3v) is 3.54. The number of nitrogens with one attached hydrogen (secondary N) is 1. The first-order valence-corrected chi connectivity index (χ1v) is 7.86. The van der Waals surface area contributed by atoms with E-state index in [1.165, 1.54) is 6.08 Å². The molecule has 0 fully saturated rings. The van der Waals surface area contributed by atoms with Gasteiger partial charge in [0.05, 0.1) is 0 Å². The Morgan fingerprint density at radius 1 is 1.26 bits per heavy atom. The van der Waals surface area contributed by atoms with Crippen molar-refractivity contribution in [1.29, 1.82) is 0 Å². The van der Waals surface area contributed by atoms with Crippen molar-refractivity contribution < 1.29 is 4.79 Å². The molecule has 0 aliphatic rings. The van der Waals surface area contributed by atoms with Crippen LogP contribution in [0.1, 0.15) is 26.3 Å². The van der Waals surface area contributed by atoms with Crippen LogP contribution < -0.4 is 10.2 Å². The van der Waals surface area contributed by atoms with Gasteiger partial charge in [-0.05, 0) is 62.7 Å². The summed E-state index contributed by atoms with van der Waals surface area (Å²) in [5, 5.41) is 2.86. The average molecular weight is 309 g/mol. The van der Waals surface area contributed by atoms with Crippen LogP contribution in [0.3, 0.4) is 0 Å². The summed E-state index contributed by atoms with van der Waals surface area (Å²) in [4.78, 5) is 18.2. The molecule has 0 aliphatic carbocycles. The van der Waals surface area contributed by atoms with Crippen LogP contribution in [-0.4, -0.2) is 23.5 Å². The molecule has 4 nitrogen and oxygen atoms in total. The minimum atomic E-state index is -0.155. The zero-order chi connectivity index (χ0) is 16.7. The van der Waals surface area contributed by atoms with Gasteiger partial charge in [0.25, 0.3) is 0 Å². The van der Waals surface area contributed by atoms with Crippen molar-refractivity contribution in [2.75, 3.05) is 16.8 Å². The summed E-state index contributed by atoms with van der Waals surface area (Å²) < 4.78 is 0. The number of aromatic nitrogens is 1. The highest BCUT2D eigenvalue weighted by Gasteiger charge is 2.08. The van der Waals surface area contributed by atoms with Crippen LogP contribution in [0.2, 0.25) is 0 Å². The lowest BCUT2D eigenvalue weighted by Crippen LogP contribution is -2.30. The van der Waals surface area contributed by atoms with E-state index in [1.54, 1.807) is 18.5 Å². The van der Waals surface area contributed by atoms with Gasteiger partial charge in [-0.15, -0.1) is 0 Å². The Hall–Kier alpha value is -2.62. The minimum Gasteiger partial charge on any atom is -0.369 e. The smallest absolute Gasteiger partial charge is 0.248 e. The Morgan fingerprint density at radius 3 is 2.57 bits per heavy atom. The second-order valence-electron chi connectivity index (χ2n) is 5.54. The molecule has 2 rings (SSSR count). The number of carbonyl (C=O) groups excluding carboxylic acids is 1. The quantitative estimate of drug-likeness (QED) is 0.821. The molecule has 0 aliphatic heterocycles. The van der Waals surface area contributed by atoms with Gasteiger partial charge in [0.15, 0.2) is 0 Å². The molecule has 1 amide bonds. The molecule has 0 unspecified atom stereocenters. The monoisotopic (exact) mass is 309 g/mol. The molecule has 1 aromatic carbocycles. The summed E-state index contributed by atoms with van der Waals surface area (Å²) in [6.07, 6.45) is 6.67. The van der Waals surface area contributed by atoms with E-state index >= 15 is 0 Å². The second kappa shape index (κ2) is 8.13. The fraction of sp³-hybridized carbons (Fsp3) is 0.263. The Kier molecular flexibility index (Phi) is 5.92. The summed E-state index contributed by atoms with van der Waals surface area (Å²) >= 11 is 0. The van der Waals surface area contributed by atoms with Crippen LogP contribution in [0.25, 0.3) is 6.08 Å². The van der Waals surface area contributed by atoms with Crippen molar-refractivity contribution in [3.05, 3.63) is 60.4 Å². The number of hydrogen-bond donors (Lipinski definition) is 1. The van der Waals surface area contributed by atoms with Crippen LogP contribution in [0.5, 0.6) is 0 Å². The lowest BCUT2D eigenvalue weighted by molar-refractivity contribution is -0.111. The fourth-order valence-electron chi connectivity index (χ4n) is 2.41. The normalized spacial score (nSPS) is 11.0. The van der Waals surface area contributed by atoms with Gasteiger partial charge in [0, 0.05) is 42.4 Å². The molecule has 0 atom stereocenters. The Balaban J connectivity index is 1.98. The number of hydrogen-bond acceptors (Lipinski definition) is 3. The molecular formula is C19H23N3O. The Bertz CT molecular complexity index is 648. The lowest BCUT2D eigenvalue weighted by atomic mass is 10.2. The summed E-state index contributed by atoms with van der Waals surface area (Å²) in [5.41, 5.74) is 2.84. The number of benzene rings is 1. The highest BCUT2D eigenvalue weighted by atomic mass is 16.1. The minimum absolute atomic E-state index is 0.155. The van der Waals surface area contributed by atoms with Gasteiger partial charge in [-0.3, -0.25) is 9.78 Å². The summed E-state index contributed by atoms with van der Waals surface area (Å²) in [6.45, 7) is 7.43. The first kappa shape index (κ1) is 16.7. The number of anilines is 2. The third-order valence-electron chi connectivity index (χ3n) is 3.54. The molecular weight excluding hydrogens is 286 g/mol. The summed E-state index contributed by atoms with van der Waals surface area (Å²) in [6, 6.07) is 12.1. The Morgan fingerprint density at radius 2 is 2.00 bits per heavy atom. The van der Waals surface area contributed by atoms with Crippen molar-refractivity contribution in [1.82, 2.24) is 4.98 Å². The number of rotatable bonds is 6. The molecule has 1 aromatic heterocycles. The number of carbonyl (C=O) groups is 1. The maximum absolute atomic E-state index is 11.9. The van der Waals surface area contributed by atoms with E-state index in [4.69, 9.17) is 0 Å². The highest BCUT2D eigenvalue weighted by Crippen LogP contribution is 2.19. The van der Waals surface area contributed by atoms with Crippen LogP contribution in [-0.2, 0) is 4.79 Å². The molecule has 4 heteroatoms. The van der Waals surface area contributed by atoms with Gasteiger partial charge in [-0.25, -0.2) is 0 Å². The van der Waals surface area contributed by atoms with Crippen molar-refractivity contribution >= 4 is 23.4 Å². The summed E-state index contributed by atoms with van der Waals surface area (Å²) in [5.74, 6) is -0.155. The van der Waals surface area contributed by atoms with E-state index in [0.29, 0.717) is 6.04 Å². The lowest BCUT2D eigenvalue weighted by Gasteiger charge is -2.27. The van der Waals surface area contributed by atoms with Gasteiger partial charge in [0.1, 0.15) is 0 Å². The Labute approximate surface area is 137 Å². The van der Waals surface area contributed by atoms with E-state index in [-0.39, 0.29) is 5.91 Å². The predicted octanol–water partition coefficient (Wildman–Crippen LogP) is 3.97. The molecule has 23 heavy (non-hydrogen) atoms. The van der Waals surface area contributed by atoms with Gasteiger partial charge in [-0.2, -0.15) is 0 Å². The standard InChI is InChI=1S/C19H23N3O/c1-4-22(15(2)3)18-10-8-17(9-11-18)21-19(23)12-7-16-6-5-13-20-14-16/h5-15H,4H2,1-3H3,(H,21,23). The average Bonchev–Trinajstić information content (AvgIpc) is 2.56. The number of amides is 1. The van der Waals surface area contributed by atoms with Crippen LogP contribution in [0.4, 0.5) is 11.4 Å². The summed E-state index contributed by atoms with van der Waals surface area (Å²) in [7, 11) is 0. The predicted molar refractivity (Wildman–Crippen MR) is 96.5 cm³/mol. The molecule has 0 radical (unpaired) electrons. The van der Waals surface area contributed by atoms with Gasteiger partial charge >= 0.3 is 0 Å².